The van der Waals surface area contributed by atoms with Crippen LogP contribution < -0.4 is 10.6 Å². The van der Waals surface area contributed by atoms with E-state index < -0.39 is 0 Å². The van der Waals surface area contributed by atoms with Gasteiger partial charge in [0.15, 0.2) is 0 Å². The van der Waals surface area contributed by atoms with Crippen molar-refractivity contribution >= 4 is 21.8 Å². The lowest BCUT2D eigenvalue weighted by atomic mass is 10.2. The maximum absolute atomic E-state index is 11.3. The minimum atomic E-state index is -0.248. The van der Waals surface area contributed by atoms with E-state index in [4.69, 9.17) is 4.42 Å². The first-order valence-corrected chi connectivity index (χ1v) is 5.56. The van der Waals surface area contributed by atoms with Crippen molar-refractivity contribution in [2.24, 2.45) is 0 Å². The summed E-state index contributed by atoms with van der Waals surface area (Å²) in [5.41, 5.74) is 0. The smallest absolute Gasteiger partial charge is 0.236 e. The van der Waals surface area contributed by atoms with Crippen molar-refractivity contribution in [2.75, 3.05) is 7.05 Å². The quantitative estimate of drug-likeness (QED) is 0.881. The molecular formula is C10H15BrN2O2. The van der Waals surface area contributed by atoms with E-state index >= 15 is 0 Å². The molecule has 1 unspecified atom stereocenters. The summed E-state index contributed by atoms with van der Waals surface area (Å²) in [6, 6.07) is 1.57. The molecule has 84 valence electrons. The Morgan fingerprint density at radius 3 is 2.67 bits per heavy atom. The van der Waals surface area contributed by atoms with E-state index in [2.05, 4.69) is 26.6 Å². The van der Waals surface area contributed by atoms with Gasteiger partial charge in [-0.3, -0.25) is 10.1 Å². The van der Waals surface area contributed by atoms with Gasteiger partial charge >= 0.3 is 0 Å². The van der Waals surface area contributed by atoms with Crippen LogP contribution in [-0.2, 0) is 4.79 Å². The standard InChI is InChI=1S/C10H15BrN2O2/c1-6(9-8(11)4-5-15-9)13-7(2)10(14)12-3/h4-7,13H,1-3H3,(H,12,14)/t6?,7-/m1/s1. The lowest BCUT2D eigenvalue weighted by molar-refractivity contribution is -0.122. The third-order valence-corrected chi connectivity index (χ3v) is 2.83. The van der Waals surface area contributed by atoms with E-state index in [1.165, 1.54) is 0 Å². The van der Waals surface area contributed by atoms with Crippen LogP contribution in [0.4, 0.5) is 0 Å². The molecule has 2 atom stereocenters. The molecular weight excluding hydrogens is 260 g/mol. The fourth-order valence-corrected chi connectivity index (χ4v) is 1.90. The number of furan rings is 1. The fraction of sp³-hybridized carbons (Fsp3) is 0.500. The van der Waals surface area contributed by atoms with Crippen LogP contribution in [0.3, 0.4) is 0 Å². The second-order valence-electron chi connectivity index (χ2n) is 3.36. The zero-order valence-electron chi connectivity index (χ0n) is 9.00. The summed E-state index contributed by atoms with van der Waals surface area (Å²) >= 11 is 3.38. The van der Waals surface area contributed by atoms with E-state index in [0.29, 0.717) is 0 Å². The van der Waals surface area contributed by atoms with Gasteiger partial charge in [-0.2, -0.15) is 0 Å². The molecule has 0 aliphatic carbocycles. The Morgan fingerprint density at radius 2 is 2.20 bits per heavy atom. The number of nitrogens with one attached hydrogen (secondary N) is 2. The van der Waals surface area contributed by atoms with E-state index in [0.717, 1.165) is 10.2 Å². The highest BCUT2D eigenvalue weighted by atomic mass is 79.9. The summed E-state index contributed by atoms with van der Waals surface area (Å²) in [7, 11) is 1.62. The number of carbonyl (C=O) groups excluding carboxylic acids is 1. The van der Waals surface area contributed by atoms with Crippen molar-refractivity contribution < 1.29 is 9.21 Å². The summed E-state index contributed by atoms with van der Waals surface area (Å²) in [4.78, 5) is 11.3. The molecule has 0 aliphatic rings. The Labute approximate surface area is 97.5 Å². The maximum atomic E-state index is 11.3. The van der Waals surface area contributed by atoms with Crippen LogP contribution in [0.1, 0.15) is 25.6 Å². The fourth-order valence-electron chi connectivity index (χ4n) is 1.36. The molecule has 2 N–H and O–H groups in total. The molecule has 1 rings (SSSR count). The van der Waals surface area contributed by atoms with Crippen LogP contribution in [0.15, 0.2) is 21.2 Å². The molecule has 1 aromatic heterocycles. The van der Waals surface area contributed by atoms with E-state index in [9.17, 15) is 4.79 Å². The van der Waals surface area contributed by atoms with Gasteiger partial charge in [-0.1, -0.05) is 0 Å². The first kappa shape index (κ1) is 12.3. The predicted molar refractivity (Wildman–Crippen MR) is 61.5 cm³/mol. The van der Waals surface area contributed by atoms with Crippen LogP contribution in [0.2, 0.25) is 0 Å². The zero-order chi connectivity index (χ0) is 11.4. The molecule has 1 aromatic rings. The van der Waals surface area contributed by atoms with Gasteiger partial charge in [0.25, 0.3) is 0 Å². The average molecular weight is 275 g/mol. The Hall–Kier alpha value is -0.810. The number of likely N-dealkylation sites (N-methyl/N-ethyl adjacent to an activating group) is 1. The van der Waals surface area contributed by atoms with Crippen LogP contribution in [-0.4, -0.2) is 19.0 Å². The molecule has 0 saturated heterocycles. The van der Waals surface area contributed by atoms with Crippen molar-refractivity contribution in [1.82, 2.24) is 10.6 Å². The van der Waals surface area contributed by atoms with Crippen molar-refractivity contribution in [2.45, 2.75) is 25.9 Å². The lowest BCUT2D eigenvalue weighted by Crippen LogP contribution is -2.41. The SMILES string of the molecule is CNC(=O)[C@@H](C)NC(C)c1occc1Br. The number of hydrogen-bond donors (Lipinski definition) is 2. The lowest BCUT2D eigenvalue weighted by Gasteiger charge is -2.17. The Kier molecular flexibility index (Phi) is 4.35. The van der Waals surface area contributed by atoms with Crippen molar-refractivity contribution in [3.63, 3.8) is 0 Å². The van der Waals surface area contributed by atoms with Crippen LogP contribution >= 0.6 is 15.9 Å². The minimum absolute atomic E-state index is 0.0123. The van der Waals surface area contributed by atoms with Gasteiger partial charge in [0.1, 0.15) is 5.76 Å². The van der Waals surface area contributed by atoms with Crippen LogP contribution in [0.25, 0.3) is 0 Å². The first-order valence-electron chi connectivity index (χ1n) is 4.76. The molecule has 15 heavy (non-hydrogen) atoms. The van der Waals surface area contributed by atoms with Gasteiger partial charge in [-0.25, -0.2) is 0 Å². The van der Waals surface area contributed by atoms with Crippen molar-refractivity contribution in [3.8, 4) is 0 Å². The Balaban J connectivity index is 2.60. The van der Waals surface area contributed by atoms with Crippen LogP contribution in [0.5, 0.6) is 0 Å². The number of rotatable bonds is 4. The van der Waals surface area contributed by atoms with E-state index in [-0.39, 0.29) is 18.0 Å². The summed E-state index contributed by atoms with van der Waals surface area (Å²) in [5, 5.41) is 5.72. The molecule has 0 radical (unpaired) electrons. The third-order valence-electron chi connectivity index (χ3n) is 2.18. The molecule has 4 nitrogen and oxygen atoms in total. The van der Waals surface area contributed by atoms with Crippen molar-refractivity contribution in [1.29, 1.82) is 0 Å². The average Bonchev–Trinajstić information content (AvgIpc) is 2.63. The molecule has 0 aliphatic heterocycles. The first-order chi connectivity index (χ1) is 7.06. The monoisotopic (exact) mass is 274 g/mol. The Morgan fingerprint density at radius 1 is 1.53 bits per heavy atom. The second kappa shape index (κ2) is 5.32. The predicted octanol–water partition coefficient (Wildman–Crippen LogP) is 1.83. The molecule has 1 heterocycles. The summed E-state index contributed by atoms with van der Waals surface area (Å²) < 4.78 is 6.21. The molecule has 0 saturated carbocycles. The Bertz CT molecular complexity index is 338. The largest absolute Gasteiger partial charge is 0.466 e. The molecule has 0 bridgehead atoms. The van der Waals surface area contributed by atoms with Crippen molar-refractivity contribution in [3.05, 3.63) is 22.6 Å². The number of hydrogen-bond acceptors (Lipinski definition) is 3. The zero-order valence-corrected chi connectivity index (χ0v) is 10.6. The number of halogens is 1. The highest BCUT2D eigenvalue weighted by Gasteiger charge is 2.18. The van der Waals surface area contributed by atoms with Crippen LogP contribution in [0, 0.1) is 0 Å². The molecule has 5 heteroatoms. The molecule has 1 amide bonds. The maximum Gasteiger partial charge on any atom is 0.236 e. The van der Waals surface area contributed by atoms with Gasteiger partial charge in [0, 0.05) is 7.05 Å². The van der Waals surface area contributed by atoms with E-state index in [1.54, 1.807) is 13.3 Å². The number of amides is 1. The highest BCUT2D eigenvalue weighted by molar-refractivity contribution is 9.10. The van der Waals surface area contributed by atoms with E-state index in [1.807, 2.05) is 19.9 Å². The summed E-state index contributed by atoms with van der Waals surface area (Å²) in [5.74, 6) is 0.760. The molecule has 0 fully saturated rings. The second-order valence-corrected chi connectivity index (χ2v) is 4.21. The molecule has 0 spiro atoms. The third kappa shape index (κ3) is 3.07. The summed E-state index contributed by atoms with van der Waals surface area (Å²) in [6.45, 7) is 3.76. The van der Waals surface area contributed by atoms with Gasteiger partial charge in [0.2, 0.25) is 5.91 Å². The minimum Gasteiger partial charge on any atom is -0.466 e. The van der Waals surface area contributed by atoms with Gasteiger partial charge in [-0.15, -0.1) is 0 Å². The van der Waals surface area contributed by atoms with Gasteiger partial charge in [0.05, 0.1) is 22.8 Å². The van der Waals surface area contributed by atoms with Gasteiger partial charge in [-0.05, 0) is 35.8 Å². The molecule has 0 aromatic carbocycles. The normalized spacial score (nSPS) is 14.7. The number of carbonyl (C=O) groups is 1. The van der Waals surface area contributed by atoms with Gasteiger partial charge < -0.3 is 9.73 Å². The summed E-state index contributed by atoms with van der Waals surface area (Å²) in [6.07, 6.45) is 1.61. The highest BCUT2D eigenvalue weighted by Crippen LogP contribution is 2.24. The topological polar surface area (TPSA) is 54.3 Å².